The molecule has 4 heteroatoms. The van der Waals surface area contributed by atoms with Crippen molar-refractivity contribution in [1.29, 1.82) is 0 Å². The van der Waals surface area contributed by atoms with E-state index >= 15 is 0 Å². The molecule has 1 aromatic rings. The van der Waals surface area contributed by atoms with Crippen LogP contribution in [0.25, 0.3) is 0 Å². The maximum Gasteiger partial charge on any atom is 0.207 e. The minimum absolute atomic E-state index is 0.472. The molecule has 1 N–H and O–H groups in total. The Kier molecular flexibility index (Phi) is 3.22. The van der Waals surface area contributed by atoms with Crippen molar-refractivity contribution in [3.8, 4) is 0 Å². The number of amides is 1. The fourth-order valence-electron chi connectivity index (χ4n) is 0.815. The van der Waals surface area contributed by atoms with Gasteiger partial charge >= 0.3 is 0 Å². The zero-order valence-electron chi connectivity index (χ0n) is 7.20. The predicted octanol–water partition coefficient (Wildman–Crippen LogP) is 1.51. The van der Waals surface area contributed by atoms with Gasteiger partial charge in [-0.05, 0) is 0 Å². The molecule has 0 radical (unpaired) electrons. The molecule has 3 nitrogen and oxygen atoms in total. The average molecular weight is 184 g/mol. The van der Waals surface area contributed by atoms with Crippen LogP contribution in [-0.4, -0.2) is 11.4 Å². The van der Waals surface area contributed by atoms with Crippen LogP contribution < -0.4 is 5.32 Å². The van der Waals surface area contributed by atoms with Gasteiger partial charge in [0.05, 0.1) is 17.2 Å². The monoisotopic (exact) mass is 184 g/mol. The molecule has 66 valence electrons. The Hall–Kier alpha value is -0.900. The van der Waals surface area contributed by atoms with Gasteiger partial charge in [-0.15, -0.1) is 11.3 Å². The second kappa shape index (κ2) is 4.21. The summed E-state index contributed by atoms with van der Waals surface area (Å²) in [6.45, 7) is 4.75. The molecule has 12 heavy (non-hydrogen) atoms. The second-order valence-electron chi connectivity index (χ2n) is 2.83. The Balaban J connectivity index is 2.58. The summed E-state index contributed by atoms with van der Waals surface area (Å²) in [6, 6.07) is 0. The van der Waals surface area contributed by atoms with Gasteiger partial charge in [0.15, 0.2) is 0 Å². The topological polar surface area (TPSA) is 42.0 Å². The number of thiazole rings is 1. The SMILES string of the molecule is CC(C)c1nc(CNC=O)cs1. The number of carbonyl (C=O) groups excluding carboxylic acids is 1. The van der Waals surface area contributed by atoms with Gasteiger partial charge in [0.1, 0.15) is 0 Å². The standard InChI is InChI=1S/C8H12N2OS/c1-6(2)8-10-7(4-12-8)3-9-5-11/h4-6H,3H2,1-2H3,(H,9,11). The minimum atomic E-state index is 0.472. The van der Waals surface area contributed by atoms with Gasteiger partial charge in [0.2, 0.25) is 6.41 Å². The molecule has 0 aromatic carbocycles. The summed E-state index contributed by atoms with van der Waals surface area (Å²) in [5.74, 6) is 0.472. The quantitative estimate of drug-likeness (QED) is 0.721. The van der Waals surface area contributed by atoms with Crippen molar-refractivity contribution in [2.45, 2.75) is 26.3 Å². The molecule has 1 heterocycles. The van der Waals surface area contributed by atoms with Crippen LogP contribution in [0.1, 0.15) is 30.5 Å². The van der Waals surface area contributed by atoms with E-state index in [4.69, 9.17) is 0 Å². The maximum absolute atomic E-state index is 9.98. The van der Waals surface area contributed by atoms with Gasteiger partial charge in [0.25, 0.3) is 0 Å². The third kappa shape index (κ3) is 2.30. The minimum Gasteiger partial charge on any atom is -0.353 e. The van der Waals surface area contributed by atoms with Crippen LogP contribution in [0.15, 0.2) is 5.38 Å². The van der Waals surface area contributed by atoms with E-state index in [0.29, 0.717) is 18.9 Å². The van der Waals surface area contributed by atoms with Gasteiger partial charge in [0, 0.05) is 11.3 Å². The molecule has 0 aliphatic carbocycles. The zero-order valence-corrected chi connectivity index (χ0v) is 8.02. The predicted molar refractivity (Wildman–Crippen MR) is 49.1 cm³/mol. The Morgan fingerprint density at radius 1 is 1.75 bits per heavy atom. The van der Waals surface area contributed by atoms with Gasteiger partial charge < -0.3 is 5.32 Å². The highest BCUT2D eigenvalue weighted by Crippen LogP contribution is 2.18. The van der Waals surface area contributed by atoms with E-state index in [1.165, 1.54) is 0 Å². The summed E-state index contributed by atoms with van der Waals surface area (Å²) < 4.78 is 0. The van der Waals surface area contributed by atoms with Gasteiger partial charge in [-0.3, -0.25) is 4.79 Å². The van der Waals surface area contributed by atoms with Crippen LogP contribution in [0.2, 0.25) is 0 Å². The van der Waals surface area contributed by atoms with Gasteiger partial charge in [-0.25, -0.2) is 4.98 Å². The number of hydrogen-bond acceptors (Lipinski definition) is 3. The fourth-order valence-corrected chi connectivity index (χ4v) is 1.65. The molecule has 1 rings (SSSR count). The molecule has 0 fully saturated rings. The maximum atomic E-state index is 9.98. The van der Waals surface area contributed by atoms with Gasteiger partial charge in [-0.2, -0.15) is 0 Å². The molecule has 0 unspecified atom stereocenters. The lowest BCUT2D eigenvalue weighted by Gasteiger charge is -1.96. The molecule has 0 aliphatic heterocycles. The average Bonchev–Trinajstić information content (AvgIpc) is 2.48. The molecule has 0 bridgehead atoms. The van der Waals surface area contributed by atoms with Crippen LogP contribution in [0, 0.1) is 0 Å². The van der Waals surface area contributed by atoms with Crippen molar-refractivity contribution in [2.75, 3.05) is 0 Å². The number of carbonyl (C=O) groups is 1. The first-order valence-electron chi connectivity index (χ1n) is 3.85. The number of rotatable bonds is 4. The van der Waals surface area contributed by atoms with E-state index < -0.39 is 0 Å². The summed E-state index contributed by atoms with van der Waals surface area (Å²) >= 11 is 1.64. The van der Waals surface area contributed by atoms with Crippen molar-refractivity contribution in [3.05, 3.63) is 16.1 Å². The molecule has 0 spiro atoms. The molecule has 0 aliphatic rings. The summed E-state index contributed by atoms with van der Waals surface area (Å²) in [5, 5.41) is 5.68. The largest absolute Gasteiger partial charge is 0.353 e. The van der Waals surface area contributed by atoms with Crippen LogP contribution in [-0.2, 0) is 11.3 Å². The lowest BCUT2D eigenvalue weighted by molar-refractivity contribution is -0.109. The van der Waals surface area contributed by atoms with Crippen LogP contribution in [0.5, 0.6) is 0 Å². The normalized spacial score (nSPS) is 10.2. The third-order valence-electron chi connectivity index (χ3n) is 1.43. The first-order valence-corrected chi connectivity index (χ1v) is 4.73. The Morgan fingerprint density at radius 2 is 2.50 bits per heavy atom. The van der Waals surface area contributed by atoms with E-state index in [1.807, 2.05) is 5.38 Å². The Labute approximate surface area is 75.8 Å². The molecular weight excluding hydrogens is 172 g/mol. The molecular formula is C8H12N2OS. The first-order chi connectivity index (χ1) is 5.74. The lowest BCUT2D eigenvalue weighted by Crippen LogP contribution is -2.09. The van der Waals surface area contributed by atoms with Crippen LogP contribution in [0.4, 0.5) is 0 Å². The summed E-state index contributed by atoms with van der Waals surface area (Å²) in [6.07, 6.45) is 0.689. The lowest BCUT2D eigenvalue weighted by atomic mass is 10.2. The fraction of sp³-hybridized carbons (Fsp3) is 0.500. The first kappa shape index (κ1) is 9.19. The second-order valence-corrected chi connectivity index (χ2v) is 3.72. The zero-order chi connectivity index (χ0) is 8.97. The summed E-state index contributed by atoms with van der Waals surface area (Å²) in [5.41, 5.74) is 0.941. The van der Waals surface area contributed by atoms with Gasteiger partial charge in [-0.1, -0.05) is 13.8 Å². The van der Waals surface area contributed by atoms with Crippen LogP contribution in [0.3, 0.4) is 0 Å². The molecule has 0 saturated carbocycles. The van der Waals surface area contributed by atoms with E-state index in [2.05, 4.69) is 24.1 Å². The van der Waals surface area contributed by atoms with Crippen molar-refractivity contribution in [2.24, 2.45) is 0 Å². The number of hydrogen-bond donors (Lipinski definition) is 1. The van der Waals surface area contributed by atoms with Crippen LogP contribution >= 0.6 is 11.3 Å². The Bertz CT molecular complexity index is 257. The van der Waals surface area contributed by atoms with Crippen molar-refractivity contribution in [3.63, 3.8) is 0 Å². The van der Waals surface area contributed by atoms with Crippen molar-refractivity contribution < 1.29 is 4.79 Å². The Morgan fingerprint density at radius 3 is 3.00 bits per heavy atom. The number of aromatic nitrogens is 1. The highest BCUT2D eigenvalue weighted by Gasteiger charge is 2.04. The summed E-state index contributed by atoms with van der Waals surface area (Å²) in [7, 11) is 0. The van der Waals surface area contributed by atoms with Crippen molar-refractivity contribution in [1.82, 2.24) is 10.3 Å². The molecule has 1 aromatic heterocycles. The summed E-state index contributed by atoms with van der Waals surface area (Å²) in [4.78, 5) is 14.3. The van der Waals surface area contributed by atoms with E-state index in [0.717, 1.165) is 10.7 Å². The highest BCUT2D eigenvalue weighted by molar-refractivity contribution is 7.09. The number of nitrogens with one attached hydrogen (secondary N) is 1. The molecule has 0 saturated heterocycles. The molecule has 1 amide bonds. The van der Waals surface area contributed by atoms with E-state index in [1.54, 1.807) is 11.3 Å². The third-order valence-corrected chi connectivity index (χ3v) is 2.62. The van der Waals surface area contributed by atoms with E-state index in [-0.39, 0.29) is 0 Å². The number of nitrogens with zero attached hydrogens (tertiary/aromatic N) is 1. The van der Waals surface area contributed by atoms with Crippen molar-refractivity contribution >= 4 is 17.7 Å². The highest BCUT2D eigenvalue weighted by atomic mass is 32.1. The molecule has 0 atom stereocenters. The van der Waals surface area contributed by atoms with E-state index in [9.17, 15) is 4.79 Å². The smallest absolute Gasteiger partial charge is 0.207 e.